The van der Waals surface area contributed by atoms with Crippen LogP contribution in [0.4, 0.5) is 0 Å². The van der Waals surface area contributed by atoms with E-state index in [-0.39, 0.29) is 0 Å². The molecule has 0 radical (unpaired) electrons. The van der Waals surface area contributed by atoms with Crippen molar-refractivity contribution in [2.75, 3.05) is 33.2 Å². The van der Waals surface area contributed by atoms with Gasteiger partial charge in [-0.2, -0.15) is 0 Å². The Hall–Kier alpha value is -0.0800. The molecule has 0 aromatic carbocycles. The lowest BCUT2D eigenvalue weighted by Gasteiger charge is -2.16. The molecule has 1 rings (SSSR count). The molecule has 1 N–H and O–H groups in total. The van der Waals surface area contributed by atoms with Gasteiger partial charge in [-0.3, -0.25) is 0 Å². The van der Waals surface area contributed by atoms with Crippen molar-refractivity contribution < 1.29 is 0 Å². The molecule has 0 saturated heterocycles. The van der Waals surface area contributed by atoms with Crippen LogP contribution in [-0.4, -0.2) is 38.1 Å². The minimum absolute atomic E-state index is 1.00. The van der Waals surface area contributed by atoms with Crippen molar-refractivity contribution in [3.63, 3.8) is 0 Å². The fraction of sp³-hybridized carbons (Fsp3) is 1.00. The summed E-state index contributed by atoms with van der Waals surface area (Å²) in [6, 6.07) is 0. The molecule has 90 valence electrons. The summed E-state index contributed by atoms with van der Waals surface area (Å²) in [5.41, 5.74) is 0. The highest BCUT2D eigenvalue weighted by Crippen LogP contribution is 2.37. The van der Waals surface area contributed by atoms with Crippen LogP contribution in [0.2, 0.25) is 0 Å². The Labute approximate surface area is 95.4 Å². The maximum Gasteiger partial charge on any atom is 0.000926 e. The van der Waals surface area contributed by atoms with Crippen molar-refractivity contribution >= 4 is 0 Å². The van der Waals surface area contributed by atoms with Crippen molar-refractivity contribution in [3.05, 3.63) is 0 Å². The third kappa shape index (κ3) is 6.16. The average Bonchev–Trinajstić information content (AvgIpc) is 2.88. The van der Waals surface area contributed by atoms with Gasteiger partial charge in [0.15, 0.2) is 0 Å². The standard InChI is InChI=1S/C13H28N2/c1-4-14-8-6-5-7-9-15(3)11-13-10-12(13)2/h12-14H,4-11H2,1-3H3. The van der Waals surface area contributed by atoms with Gasteiger partial charge >= 0.3 is 0 Å². The Morgan fingerprint density at radius 2 is 2.00 bits per heavy atom. The Bertz CT molecular complexity index is 159. The summed E-state index contributed by atoms with van der Waals surface area (Å²) in [7, 11) is 2.27. The first kappa shape index (κ1) is 13.0. The molecule has 0 aromatic rings. The van der Waals surface area contributed by atoms with E-state index < -0.39 is 0 Å². The second kappa shape index (κ2) is 7.24. The highest BCUT2D eigenvalue weighted by atomic mass is 15.1. The Kier molecular flexibility index (Phi) is 6.26. The first-order chi connectivity index (χ1) is 7.24. The van der Waals surface area contributed by atoms with Gasteiger partial charge < -0.3 is 10.2 Å². The molecule has 0 bridgehead atoms. The molecule has 2 unspecified atom stereocenters. The fourth-order valence-corrected chi connectivity index (χ4v) is 2.13. The molecule has 1 fully saturated rings. The topological polar surface area (TPSA) is 15.3 Å². The van der Waals surface area contributed by atoms with Gasteiger partial charge in [0.05, 0.1) is 0 Å². The second-order valence-electron chi connectivity index (χ2n) is 5.15. The largest absolute Gasteiger partial charge is 0.317 e. The van der Waals surface area contributed by atoms with E-state index in [2.05, 4.69) is 31.1 Å². The van der Waals surface area contributed by atoms with E-state index in [1.165, 1.54) is 45.3 Å². The lowest BCUT2D eigenvalue weighted by atomic mass is 10.2. The van der Waals surface area contributed by atoms with Gasteiger partial charge in [0.1, 0.15) is 0 Å². The molecule has 2 nitrogen and oxygen atoms in total. The lowest BCUT2D eigenvalue weighted by molar-refractivity contribution is 0.306. The van der Waals surface area contributed by atoms with Crippen molar-refractivity contribution in [2.45, 2.75) is 39.5 Å². The first-order valence-electron chi connectivity index (χ1n) is 6.63. The molecular weight excluding hydrogens is 184 g/mol. The van der Waals surface area contributed by atoms with Crippen LogP contribution in [0, 0.1) is 11.8 Å². The first-order valence-corrected chi connectivity index (χ1v) is 6.63. The van der Waals surface area contributed by atoms with Crippen LogP contribution >= 0.6 is 0 Å². The molecule has 0 spiro atoms. The van der Waals surface area contributed by atoms with Crippen molar-refractivity contribution in [1.82, 2.24) is 10.2 Å². The monoisotopic (exact) mass is 212 g/mol. The predicted octanol–water partition coefficient (Wildman–Crippen LogP) is 2.35. The van der Waals surface area contributed by atoms with Crippen LogP contribution in [0.1, 0.15) is 39.5 Å². The van der Waals surface area contributed by atoms with Crippen molar-refractivity contribution in [3.8, 4) is 0 Å². The van der Waals surface area contributed by atoms with Crippen LogP contribution in [-0.2, 0) is 0 Å². The third-order valence-electron chi connectivity index (χ3n) is 3.47. The summed E-state index contributed by atoms with van der Waals surface area (Å²) < 4.78 is 0. The summed E-state index contributed by atoms with van der Waals surface area (Å²) in [4.78, 5) is 2.52. The van der Waals surface area contributed by atoms with Gasteiger partial charge in [0, 0.05) is 6.54 Å². The molecule has 2 heteroatoms. The summed E-state index contributed by atoms with van der Waals surface area (Å²) in [5, 5.41) is 3.37. The minimum atomic E-state index is 1.00. The number of hydrogen-bond donors (Lipinski definition) is 1. The summed E-state index contributed by atoms with van der Waals surface area (Å²) in [6.45, 7) is 9.46. The molecule has 0 amide bonds. The molecule has 1 aliphatic rings. The third-order valence-corrected chi connectivity index (χ3v) is 3.47. The lowest BCUT2D eigenvalue weighted by Crippen LogP contribution is -2.23. The number of nitrogens with zero attached hydrogens (tertiary/aromatic N) is 1. The molecule has 15 heavy (non-hydrogen) atoms. The van der Waals surface area contributed by atoms with Gasteiger partial charge in [-0.05, 0) is 57.8 Å². The zero-order valence-electron chi connectivity index (χ0n) is 10.8. The van der Waals surface area contributed by atoms with Crippen LogP contribution < -0.4 is 5.32 Å². The average molecular weight is 212 g/mol. The second-order valence-corrected chi connectivity index (χ2v) is 5.15. The van der Waals surface area contributed by atoms with E-state index in [0.717, 1.165) is 18.4 Å². The number of hydrogen-bond acceptors (Lipinski definition) is 2. The smallest absolute Gasteiger partial charge is 0.000926 e. The number of unbranched alkanes of at least 4 members (excludes halogenated alkanes) is 2. The molecule has 2 atom stereocenters. The van der Waals surface area contributed by atoms with E-state index in [9.17, 15) is 0 Å². The summed E-state index contributed by atoms with van der Waals surface area (Å²) in [5.74, 6) is 2.01. The Balaban J connectivity index is 1.82. The highest BCUT2D eigenvalue weighted by Gasteiger charge is 2.32. The summed E-state index contributed by atoms with van der Waals surface area (Å²) >= 11 is 0. The van der Waals surface area contributed by atoms with Gasteiger partial charge in [0.2, 0.25) is 0 Å². The molecule has 0 aromatic heterocycles. The van der Waals surface area contributed by atoms with Crippen LogP contribution in [0.25, 0.3) is 0 Å². The van der Waals surface area contributed by atoms with E-state index in [0.29, 0.717) is 0 Å². The fourth-order valence-electron chi connectivity index (χ4n) is 2.13. The van der Waals surface area contributed by atoms with Gasteiger partial charge in [0.25, 0.3) is 0 Å². The van der Waals surface area contributed by atoms with Crippen LogP contribution in [0.3, 0.4) is 0 Å². The molecular formula is C13H28N2. The maximum atomic E-state index is 3.37. The van der Waals surface area contributed by atoms with Crippen molar-refractivity contribution in [2.24, 2.45) is 11.8 Å². The van der Waals surface area contributed by atoms with Crippen molar-refractivity contribution in [1.29, 1.82) is 0 Å². The highest BCUT2D eigenvalue weighted by molar-refractivity contribution is 4.84. The normalized spacial score (nSPS) is 24.8. The van der Waals surface area contributed by atoms with E-state index in [1.807, 2.05) is 0 Å². The molecule has 1 saturated carbocycles. The SMILES string of the molecule is CCNCCCCCN(C)CC1CC1C. The predicted molar refractivity (Wildman–Crippen MR) is 67.2 cm³/mol. The zero-order valence-corrected chi connectivity index (χ0v) is 10.8. The van der Waals surface area contributed by atoms with E-state index >= 15 is 0 Å². The molecule has 0 aliphatic heterocycles. The van der Waals surface area contributed by atoms with E-state index in [1.54, 1.807) is 0 Å². The quantitative estimate of drug-likeness (QED) is 0.590. The zero-order chi connectivity index (χ0) is 11.1. The maximum absolute atomic E-state index is 3.37. The van der Waals surface area contributed by atoms with E-state index in [4.69, 9.17) is 0 Å². The van der Waals surface area contributed by atoms with Crippen LogP contribution in [0.15, 0.2) is 0 Å². The number of nitrogens with one attached hydrogen (secondary N) is 1. The Morgan fingerprint density at radius 3 is 2.60 bits per heavy atom. The van der Waals surface area contributed by atoms with Gasteiger partial charge in [-0.25, -0.2) is 0 Å². The number of rotatable bonds is 9. The minimum Gasteiger partial charge on any atom is -0.317 e. The van der Waals surface area contributed by atoms with Gasteiger partial charge in [-0.1, -0.05) is 20.3 Å². The summed E-state index contributed by atoms with van der Waals surface area (Å²) in [6.07, 6.45) is 5.53. The Morgan fingerprint density at radius 1 is 1.27 bits per heavy atom. The van der Waals surface area contributed by atoms with Crippen LogP contribution in [0.5, 0.6) is 0 Å². The van der Waals surface area contributed by atoms with Gasteiger partial charge in [-0.15, -0.1) is 0 Å². The molecule has 1 aliphatic carbocycles. The molecule has 0 heterocycles.